The maximum atomic E-state index is 12.9. The molecule has 0 aliphatic carbocycles. The Labute approximate surface area is 152 Å². The smallest absolute Gasteiger partial charge is 0.305 e. The number of aryl methyl sites for hydroxylation is 1. The number of carbonyl (C=O) groups excluding carboxylic acids is 1. The predicted octanol–water partition coefficient (Wildman–Crippen LogP) is 2.99. The lowest BCUT2D eigenvalue weighted by Gasteiger charge is -2.09. The molecule has 3 aromatic rings. The van der Waals surface area contributed by atoms with Gasteiger partial charge in [0.25, 0.3) is 10.0 Å². The van der Waals surface area contributed by atoms with Crippen LogP contribution in [0, 0.1) is 0 Å². The van der Waals surface area contributed by atoms with Gasteiger partial charge in [0.15, 0.2) is 0 Å². The SMILES string of the molecule is COC(=O)CCc1ccc2c(ccn2S(=O)(=O)c2ccc(OC)cc2)c1. The van der Waals surface area contributed by atoms with E-state index in [1.807, 2.05) is 12.1 Å². The number of hydrogen-bond donors (Lipinski definition) is 0. The third-order valence-electron chi connectivity index (χ3n) is 4.18. The van der Waals surface area contributed by atoms with E-state index in [4.69, 9.17) is 4.74 Å². The van der Waals surface area contributed by atoms with Gasteiger partial charge in [-0.05, 0) is 54.4 Å². The standard InChI is InChI=1S/C19H19NO5S/c1-24-16-5-7-17(8-6-16)26(22,23)20-12-11-15-13-14(3-9-18(15)20)4-10-19(21)25-2/h3,5-9,11-13H,4,10H2,1-2H3. The van der Waals surface area contributed by atoms with Crippen molar-refractivity contribution in [1.82, 2.24) is 3.97 Å². The first-order valence-electron chi connectivity index (χ1n) is 8.02. The molecule has 0 unspecified atom stereocenters. The number of benzene rings is 2. The van der Waals surface area contributed by atoms with Crippen LogP contribution in [-0.4, -0.2) is 32.6 Å². The molecule has 0 aliphatic rings. The average Bonchev–Trinajstić information content (AvgIpc) is 3.10. The topological polar surface area (TPSA) is 74.6 Å². The number of hydrogen-bond acceptors (Lipinski definition) is 5. The number of ether oxygens (including phenoxy) is 2. The van der Waals surface area contributed by atoms with E-state index in [1.54, 1.807) is 24.3 Å². The van der Waals surface area contributed by atoms with Gasteiger partial charge in [-0.2, -0.15) is 0 Å². The van der Waals surface area contributed by atoms with E-state index in [-0.39, 0.29) is 17.3 Å². The largest absolute Gasteiger partial charge is 0.497 e. The minimum absolute atomic E-state index is 0.186. The zero-order chi connectivity index (χ0) is 18.7. The van der Waals surface area contributed by atoms with Gasteiger partial charge >= 0.3 is 5.97 Å². The first kappa shape index (κ1) is 18.0. The molecule has 1 aromatic heterocycles. The van der Waals surface area contributed by atoms with Gasteiger partial charge in [-0.25, -0.2) is 12.4 Å². The average molecular weight is 373 g/mol. The van der Waals surface area contributed by atoms with Gasteiger partial charge < -0.3 is 9.47 Å². The van der Waals surface area contributed by atoms with Crippen molar-refractivity contribution in [3.63, 3.8) is 0 Å². The molecule has 0 aliphatic heterocycles. The van der Waals surface area contributed by atoms with Crippen molar-refractivity contribution in [3.05, 3.63) is 60.3 Å². The van der Waals surface area contributed by atoms with Gasteiger partial charge in [-0.3, -0.25) is 4.79 Å². The normalized spacial score (nSPS) is 11.5. The van der Waals surface area contributed by atoms with Crippen LogP contribution < -0.4 is 4.74 Å². The first-order valence-corrected chi connectivity index (χ1v) is 9.46. The Balaban J connectivity index is 1.93. The van der Waals surface area contributed by atoms with E-state index < -0.39 is 10.0 Å². The maximum absolute atomic E-state index is 12.9. The fraction of sp³-hybridized carbons (Fsp3) is 0.211. The fourth-order valence-corrected chi connectivity index (χ4v) is 4.09. The molecular weight excluding hydrogens is 354 g/mol. The molecule has 0 bridgehead atoms. The van der Waals surface area contributed by atoms with Gasteiger partial charge in [-0.15, -0.1) is 0 Å². The van der Waals surface area contributed by atoms with Gasteiger partial charge in [0, 0.05) is 18.0 Å². The second-order valence-electron chi connectivity index (χ2n) is 5.76. The lowest BCUT2D eigenvalue weighted by Crippen LogP contribution is -2.11. The molecule has 6 nitrogen and oxygen atoms in total. The molecule has 0 fully saturated rings. The zero-order valence-electron chi connectivity index (χ0n) is 14.5. The van der Waals surface area contributed by atoms with Gasteiger partial charge in [0.1, 0.15) is 5.75 Å². The number of methoxy groups -OCH3 is 2. The predicted molar refractivity (Wildman–Crippen MR) is 97.9 cm³/mol. The van der Waals surface area contributed by atoms with Crippen LogP contribution in [0.25, 0.3) is 10.9 Å². The third kappa shape index (κ3) is 3.43. The Morgan fingerprint density at radius 3 is 2.42 bits per heavy atom. The summed E-state index contributed by atoms with van der Waals surface area (Å²) in [6.07, 6.45) is 2.36. The Kier molecular flexibility index (Phi) is 4.99. The van der Waals surface area contributed by atoms with Crippen molar-refractivity contribution in [1.29, 1.82) is 0 Å². The van der Waals surface area contributed by atoms with Crippen molar-refractivity contribution in [2.45, 2.75) is 17.7 Å². The van der Waals surface area contributed by atoms with E-state index in [9.17, 15) is 13.2 Å². The molecule has 0 N–H and O–H groups in total. The van der Waals surface area contributed by atoms with E-state index in [0.717, 1.165) is 10.9 Å². The van der Waals surface area contributed by atoms with Crippen LogP contribution in [0.4, 0.5) is 0 Å². The second kappa shape index (κ2) is 7.21. The quantitative estimate of drug-likeness (QED) is 0.621. The lowest BCUT2D eigenvalue weighted by atomic mass is 10.1. The van der Waals surface area contributed by atoms with Gasteiger partial charge in [-0.1, -0.05) is 6.07 Å². The summed E-state index contributed by atoms with van der Waals surface area (Å²) in [6.45, 7) is 0. The van der Waals surface area contributed by atoms with Crippen LogP contribution in [0.5, 0.6) is 5.75 Å². The summed E-state index contributed by atoms with van der Waals surface area (Å²) in [7, 11) is -0.817. The molecule has 26 heavy (non-hydrogen) atoms. The Morgan fingerprint density at radius 1 is 1.04 bits per heavy atom. The molecule has 2 aromatic carbocycles. The van der Waals surface area contributed by atoms with Crippen molar-refractivity contribution < 1.29 is 22.7 Å². The van der Waals surface area contributed by atoms with Gasteiger partial charge in [0.05, 0.1) is 24.6 Å². The molecule has 7 heteroatoms. The Bertz CT molecular complexity index is 1040. The highest BCUT2D eigenvalue weighted by molar-refractivity contribution is 7.90. The van der Waals surface area contributed by atoms with Crippen molar-refractivity contribution >= 4 is 26.9 Å². The third-order valence-corrected chi connectivity index (χ3v) is 5.88. The maximum Gasteiger partial charge on any atom is 0.305 e. The first-order chi connectivity index (χ1) is 12.5. The summed E-state index contributed by atoms with van der Waals surface area (Å²) in [4.78, 5) is 11.5. The van der Waals surface area contributed by atoms with Crippen molar-refractivity contribution in [2.75, 3.05) is 14.2 Å². The number of rotatable bonds is 6. The number of esters is 1. The van der Waals surface area contributed by atoms with E-state index in [2.05, 4.69) is 4.74 Å². The molecule has 1 heterocycles. The number of fused-ring (bicyclic) bond motifs is 1. The highest BCUT2D eigenvalue weighted by Crippen LogP contribution is 2.25. The Morgan fingerprint density at radius 2 is 1.77 bits per heavy atom. The molecule has 0 radical (unpaired) electrons. The molecule has 0 amide bonds. The molecule has 136 valence electrons. The number of aromatic nitrogens is 1. The zero-order valence-corrected chi connectivity index (χ0v) is 15.3. The minimum Gasteiger partial charge on any atom is -0.497 e. The summed E-state index contributed by atoms with van der Waals surface area (Å²) in [5, 5.41) is 0.796. The van der Waals surface area contributed by atoms with Crippen LogP contribution in [0.1, 0.15) is 12.0 Å². The van der Waals surface area contributed by atoms with E-state index >= 15 is 0 Å². The molecule has 3 rings (SSSR count). The molecule has 0 saturated heterocycles. The molecule has 0 spiro atoms. The summed E-state index contributed by atoms with van der Waals surface area (Å²) < 4.78 is 36.8. The monoisotopic (exact) mass is 373 g/mol. The summed E-state index contributed by atoms with van der Waals surface area (Å²) >= 11 is 0. The van der Waals surface area contributed by atoms with Crippen LogP contribution in [0.15, 0.2) is 59.6 Å². The summed E-state index contributed by atoms with van der Waals surface area (Å²) in [6, 6.07) is 13.5. The van der Waals surface area contributed by atoms with Crippen LogP contribution in [0.2, 0.25) is 0 Å². The lowest BCUT2D eigenvalue weighted by molar-refractivity contribution is -0.140. The highest BCUT2D eigenvalue weighted by Gasteiger charge is 2.19. The summed E-state index contributed by atoms with van der Waals surface area (Å²) in [5.41, 5.74) is 1.53. The molecule has 0 saturated carbocycles. The van der Waals surface area contributed by atoms with Crippen LogP contribution in [0.3, 0.4) is 0 Å². The van der Waals surface area contributed by atoms with Crippen LogP contribution >= 0.6 is 0 Å². The molecular formula is C19H19NO5S. The second-order valence-corrected chi connectivity index (χ2v) is 7.58. The fourth-order valence-electron chi connectivity index (χ4n) is 2.74. The van der Waals surface area contributed by atoms with E-state index in [1.165, 1.54) is 36.5 Å². The highest BCUT2D eigenvalue weighted by atomic mass is 32.2. The number of carbonyl (C=O) groups is 1. The molecule has 0 atom stereocenters. The van der Waals surface area contributed by atoms with Crippen molar-refractivity contribution in [2.24, 2.45) is 0 Å². The van der Waals surface area contributed by atoms with Crippen LogP contribution in [-0.2, 0) is 26.0 Å². The van der Waals surface area contributed by atoms with Crippen molar-refractivity contribution in [3.8, 4) is 5.75 Å². The van der Waals surface area contributed by atoms with Gasteiger partial charge in [0.2, 0.25) is 0 Å². The van der Waals surface area contributed by atoms with E-state index in [0.29, 0.717) is 17.7 Å². The minimum atomic E-state index is -3.70. The number of nitrogens with zero attached hydrogens (tertiary/aromatic N) is 1. The Hall–Kier alpha value is -2.80. The summed E-state index contributed by atoms with van der Waals surface area (Å²) in [5.74, 6) is 0.321.